The smallest absolute Gasteiger partial charge is 0.0989 e. The standard InChI is InChI=1S/C38H22N6/c1-5-13-31-25(9-1)26-10-2-6-14-32(26)43(31)23-19-29-35-36(40-18-17-39-35)30-20-24(22-42-38(30)37(29)41-21-23)44-33-15-7-3-11-27(33)28-12-4-8-16-34(28)44/h1-22H. The van der Waals surface area contributed by atoms with Gasteiger partial charge in [0.1, 0.15) is 0 Å². The first-order valence-electron chi connectivity index (χ1n) is 14.6. The van der Waals surface area contributed by atoms with Crippen molar-refractivity contribution in [3.05, 3.63) is 134 Å². The monoisotopic (exact) mass is 562 g/mol. The van der Waals surface area contributed by atoms with Gasteiger partial charge in [0.15, 0.2) is 0 Å². The quantitative estimate of drug-likeness (QED) is 0.197. The largest absolute Gasteiger partial charge is 0.308 e. The molecule has 6 nitrogen and oxygen atoms in total. The third kappa shape index (κ3) is 3.08. The Labute approximate surface area is 250 Å². The predicted molar refractivity (Wildman–Crippen MR) is 179 cm³/mol. The summed E-state index contributed by atoms with van der Waals surface area (Å²) in [7, 11) is 0. The van der Waals surface area contributed by atoms with E-state index in [2.05, 4.69) is 118 Å². The highest BCUT2D eigenvalue weighted by atomic mass is 15.0. The minimum atomic E-state index is 0.811. The van der Waals surface area contributed by atoms with Crippen LogP contribution in [0.3, 0.4) is 0 Å². The predicted octanol–water partition coefficient (Wildman–Crippen LogP) is 8.92. The second-order valence-corrected chi connectivity index (χ2v) is 11.2. The van der Waals surface area contributed by atoms with Crippen LogP contribution in [0.5, 0.6) is 0 Å². The summed E-state index contributed by atoms with van der Waals surface area (Å²) in [6.45, 7) is 0. The molecule has 5 aromatic heterocycles. The summed E-state index contributed by atoms with van der Waals surface area (Å²) < 4.78 is 4.56. The molecule has 204 valence electrons. The van der Waals surface area contributed by atoms with Crippen molar-refractivity contribution in [3.8, 4) is 11.4 Å². The van der Waals surface area contributed by atoms with E-state index < -0.39 is 0 Å². The van der Waals surface area contributed by atoms with Crippen LogP contribution in [0.25, 0.3) is 87.8 Å². The Morgan fingerprint density at radius 1 is 0.341 bits per heavy atom. The van der Waals surface area contributed by atoms with E-state index in [4.69, 9.17) is 19.9 Å². The number of aromatic nitrogens is 6. The van der Waals surface area contributed by atoms with Crippen LogP contribution in [0, 0.1) is 0 Å². The van der Waals surface area contributed by atoms with Gasteiger partial charge in [-0.3, -0.25) is 19.9 Å². The molecule has 0 aliphatic heterocycles. The van der Waals surface area contributed by atoms with Gasteiger partial charge in [-0.25, -0.2) is 0 Å². The van der Waals surface area contributed by atoms with Gasteiger partial charge in [-0.2, -0.15) is 0 Å². The van der Waals surface area contributed by atoms with Gasteiger partial charge < -0.3 is 9.13 Å². The van der Waals surface area contributed by atoms with Crippen LogP contribution in [-0.2, 0) is 0 Å². The van der Waals surface area contributed by atoms with E-state index in [1.54, 1.807) is 12.4 Å². The Balaban J connectivity index is 1.27. The normalized spacial score (nSPS) is 12.1. The van der Waals surface area contributed by atoms with E-state index in [0.717, 1.165) is 66.3 Å². The highest BCUT2D eigenvalue weighted by Crippen LogP contribution is 2.37. The zero-order valence-corrected chi connectivity index (χ0v) is 23.4. The summed E-state index contributed by atoms with van der Waals surface area (Å²) in [5.74, 6) is 0. The van der Waals surface area contributed by atoms with Gasteiger partial charge in [0.2, 0.25) is 0 Å². The topological polar surface area (TPSA) is 61.4 Å². The van der Waals surface area contributed by atoms with Gasteiger partial charge in [-0.1, -0.05) is 72.8 Å². The van der Waals surface area contributed by atoms with Crippen molar-refractivity contribution in [3.63, 3.8) is 0 Å². The fourth-order valence-corrected chi connectivity index (χ4v) is 7.02. The minimum Gasteiger partial charge on any atom is -0.308 e. The molecule has 0 atom stereocenters. The summed E-state index contributed by atoms with van der Waals surface area (Å²) in [5.41, 5.74) is 9.75. The van der Waals surface area contributed by atoms with Gasteiger partial charge in [-0.15, -0.1) is 0 Å². The Hall–Kier alpha value is -6.14. The summed E-state index contributed by atoms with van der Waals surface area (Å²) >= 11 is 0. The van der Waals surface area contributed by atoms with Gasteiger partial charge in [0.05, 0.1) is 67.9 Å². The van der Waals surface area contributed by atoms with Crippen LogP contribution in [0.15, 0.2) is 134 Å². The Morgan fingerprint density at radius 2 is 0.659 bits per heavy atom. The summed E-state index contributed by atoms with van der Waals surface area (Å²) in [4.78, 5) is 19.8. The van der Waals surface area contributed by atoms with E-state index in [1.807, 2.05) is 12.4 Å². The Bertz CT molecular complexity index is 2470. The van der Waals surface area contributed by atoms with Crippen LogP contribution in [0.2, 0.25) is 0 Å². The number of pyridine rings is 2. The maximum Gasteiger partial charge on any atom is 0.0989 e. The lowest BCUT2D eigenvalue weighted by atomic mass is 10.1. The van der Waals surface area contributed by atoms with Crippen molar-refractivity contribution in [2.75, 3.05) is 0 Å². The minimum absolute atomic E-state index is 0.811. The first-order valence-corrected chi connectivity index (χ1v) is 14.6. The average Bonchev–Trinajstić information content (AvgIpc) is 3.61. The zero-order valence-electron chi connectivity index (χ0n) is 23.4. The third-order valence-corrected chi connectivity index (χ3v) is 8.86. The van der Waals surface area contributed by atoms with Crippen LogP contribution in [-0.4, -0.2) is 29.1 Å². The van der Waals surface area contributed by atoms with Crippen LogP contribution in [0.1, 0.15) is 0 Å². The number of para-hydroxylation sites is 4. The maximum atomic E-state index is 5.06. The number of hydrogen-bond acceptors (Lipinski definition) is 4. The molecule has 10 rings (SSSR count). The van der Waals surface area contributed by atoms with E-state index in [1.165, 1.54) is 21.5 Å². The molecular weight excluding hydrogens is 540 g/mol. The number of benzene rings is 5. The molecule has 6 heteroatoms. The van der Waals surface area contributed by atoms with Crippen LogP contribution < -0.4 is 0 Å². The molecule has 5 aromatic carbocycles. The average molecular weight is 563 g/mol. The van der Waals surface area contributed by atoms with Gasteiger partial charge in [0.25, 0.3) is 0 Å². The number of hydrogen-bond donors (Lipinski definition) is 0. The number of rotatable bonds is 2. The molecule has 0 aliphatic rings. The number of nitrogens with zero attached hydrogens (tertiary/aromatic N) is 6. The lowest BCUT2D eigenvalue weighted by Crippen LogP contribution is -1.99. The van der Waals surface area contributed by atoms with E-state index in [-0.39, 0.29) is 0 Å². The molecule has 0 fully saturated rings. The molecule has 10 aromatic rings. The molecule has 0 saturated carbocycles. The molecule has 0 amide bonds. The first-order chi connectivity index (χ1) is 21.8. The van der Waals surface area contributed by atoms with E-state index in [0.29, 0.717) is 0 Å². The van der Waals surface area contributed by atoms with Crippen molar-refractivity contribution in [1.29, 1.82) is 0 Å². The second kappa shape index (κ2) is 8.69. The molecule has 5 heterocycles. The van der Waals surface area contributed by atoms with Crippen molar-refractivity contribution < 1.29 is 0 Å². The van der Waals surface area contributed by atoms with Gasteiger partial charge >= 0.3 is 0 Å². The SMILES string of the molecule is c1ccc2c(c1)c1ccccc1n2-c1cnc2c(c1)c1nccnc1c1cc(-n3c4ccccc4c4ccccc43)cnc12. The molecule has 44 heavy (non-hydrogen) atoms. The summed E-state index contributed by atoms with van der Waals surface area (Å²) in [6, 6.07) is 38.4. The molecule has 0 radical (unpaired) electrons. The lowest BCUT2D eigenvalue weighted by Gasteiger charge is -2.13. The third-order valence-electron chi connectivity index (χ3n) is 8.86. The zero-order chi connectivity index (χ0) is 28.8. The van der Waals surface area contributed by atoms with Crippen LogP contribution >= 0.6 is 0 Å². The first kappa shape index (κ1) is 23.4. The van der Waals surface area contributed by atoms with E-state index in [9.17, 15) is 0 Å². The molecule has 0 aliphatic carbocycles. The van der Waals surface area contributed by atoms with Crippen molar-refractivity contribution in [1.82, 2.24) is 29.1 Å². The van der Waals surface area contributed by atoms with Gasteiger partial charge in [0, 0.05) is 44.7 Å². The highest BCUT2D eigenvalue weighted by molar-refractivity contribution is 6.21. The summed E-state index contributed by atoms with van der Waals surface area (Å²) in [6.07, 6.45) is 7.41. The second-order valence-electron chi connectivity index (χ2n) is 11.2. The highest BCUT2D eigenvalue weighted by Gasteiger charge is 2.18. The molecule has 0 unspecified atom stereocenters. The molecule has 0 saturated heterocycles. The fourth-order valence-electron chi connectivity index (χ4n) is 7.02. The lowest BCUT2D eigenvalue weighted by molar-refractivity contribution is 1.15. The molecular formula is C38H22N6. The maximum absolute atomic E-state index is 5.06. The van der Waals surface area contributed by atoms with E-state index >= 15 is 0 Å². The summed E-state index contributed by atoms with van der Waals surface area (Å²) in [5, 5.41) is 6.71. The van der Waals surface area contributed by atoms with Crippen molar-refractivity contribution in [2.24, 2.45) is 0 Å². The van der Waals surface area contributed by atoms with Crippen LogP contribution in [0.4, 0.5) is 0 Å². The molecule has 0 spiro atoms. The van der Waals surface area contributed by atoms with Crippen molar-refractivity contribution in [2.45, 2.75) is 0 Å². The fraction of sp³-hybridized carbons (Fsp3) is 0. The van der Waals surface area contributed by atoms with Crippen molar-refractivity contribution >= 4 is 76.5 Å². The Morgan fingerprint density at radius 3 is 1.02 bits per heavy atom. The Kier molecular flexibility index (Phi) is 4.63. The molecule has 0 bridgehead atoms. The molecule has 0 N–H and O–H groups in total. The van der Waals surface area contributed by atoms with Gasteiger partial charge in [-0.05, 0) is 36.4 Å². The number of fused-ring (bicyclic) bond motifs is 12.